The van der Waals surface area contributed by atoms with Crippen molar-refractivity contribution in [3.63, 3.8) is 0 Å². The molecule has 0 bridgehead atoms. The number of halogens is 3. The number of hydrogen-bond donors (Lipinski definition) is 0. The minimum absolute atomic E-state index is 0.0881. The molecule has 3 aliphatic rings. The molecule has 0 amide bonds. The summed E-state index contributed by atoms with van der Waals surface area (Å²) in [6.07, 6.45) is 13.2. The van der Waals surface area contributed by atoms with E-state index >= 15 is 4.39 Å². The Kier molecular flexibility index (Phi) is 8.21. The van der Waals surface area contributed by atoms with Gasteiger partial charge in [0.15, 0.2) is 23.0 Å². The van der Waals surface area contributed by atoms with E-state index in [2.05, 4.69) is 6.92 Å². The van der Waals surface area contributed by atoms with E-state index in [0.717, 1.165) is 30.6 Å². The molecule has 0 aromatic heterocycles. The van der Waals surface area contributed by atoms with Gasteiger partial charge in [0.25, 0.3) is 0 Å². The van der Waals surface area contributed by atoms with Gasteiger partial charge in [-0.3, -0.25) is 0 Å². The second-order valence-corrected chi connectivity index (χ2v) is 11.2. The molecule has 2 aliphatic carbocycles. The number of fused-ring (bicyclic) bond motifs is 2. The Balaban J connectivity index is 1.17. The molecule has 5 rings (SSSR count). The van der Waals surface area contributed by atoms with Crippen LogP contribution in [0.5, 0.6) is 23.0 Å². The highest BCUT2D eigenvalue weighted by Gasteiger charge is 2.32. The lowest BCUT2D eigenvalue weighted by molar-refractivity contribution is 0.120. The fourth-order valence-corrected chi connectivity index (χ4v) is 6.77. The Morgan fingerprint density at radius 1 is 0.730 bits per heavy atom. The average molecular weight is 517 g/mol. The van der Waals surface area contributed by atoms with E-state index in [4.69, 9.17) is 14.2 Å². The molecule has 2 saturated carbocycles. The Morgan fingerprint density at radius 3 is 2.03 bits per heavy atom. The van der Waals surface area contributed by atoms with Crippen LogP contribution in [0.3, 0.4) is 0 Å². The van der Waals surface area contributed by atoms with Crippen molar-refractivity contribution in [2.45, 2.75) is 84.5 Å². The van der Waals surface area contributed by atoms with Gasteiger partial charge in [-0.05, 0) is 81.3 Å². The fourth-order valence-electron chi connectivity index (χ4n) is 6.77. The quantitative estimate of drug-likeness (QED) is 0.299. The summed E-state index contributed by atoms with van der Waals surface area (Å²) in [5, 5.41) is 0. The van der Waals surface area contributed by atoms with E-state index in [0.29, 0.717) is 23.7 Å². The van der Waals surface area contributed by atoms with Crippen LogP contribution in [-0.2, 0) is 6.42 Å². The molecule has 1 aliphatic heterocycles. The van der Waals surface area contributed by atoms with Gasteiger partial charge < -0.3 is 14.2 Å². The minimum Gasteiger partial charge on any atom is -0.491 e. The van der Waals surface area contributed by atoms with Crippen LogP contribution in [0.4, 0.5) is 13.2 Å². The van der Waals surface area contributed by atoms with E-state index in [1.807, 2.05) is 0 Å². The van der Waals surface area contributed by atoms with Crippen LogP contribution >= 0.6 is 0 Å². The van der Waals surface area contributed by atoms with Gasteiger partial charge in [-0.1, -0.05) is 38.7 Å². The van der Waals surface area contributed by atoms with E-state index in [-0.39, 0.29) is 36.0 Å². The van der Waals surface area contributed by atoms with Gasteiger partial charge in [0.1, 0.15) is 0 Å². The SMILES string of the molecule is CCCC1CCC(C2CCC(COc3ccc4c(c3F)Oc3c(cc(OCC)c(F)c3F)C4)CC2)CC1. The molecule has 0 saturated heterocycles. The van der Waals surface area contributed by atoms with E-state index < -0.39 is 17.5 Å². The first-order valence-corrected chi connectivity index (χ1v) is 14.2. The second-order valence-electron chi connectivity index (χ2n) is 11.2. The first kappa shape index (κ1) is 26.2. The highest BCUT2D eigenvalue weighted by Crippen LogP contribution is 2.45. The van der Waals surface area contributed by atoms with Crippen molar-refractivity contribution in [1.29, 1.82) is 0 Å². The molecule has 6 heteroatoms. The van der Waals surface area contributed by atoms with Crippen molar-refractivity contribution >= 4 is 0 Å². The predicted octanol–water partition coefficient (Wildman–Crippen LogP) is 8.99. The molecule has 2 aromatic carbocycles. The zero-order valence-electron chi connectivity index (χ0n) is 22.1. The summed E-state index contributed by atoms with van der Waals surface area (Å²) >= 11 is 0. The maximum atomic E-state index is 15.3. The van der Waals surface area contributed by atoms with Crippen LogP contribution in [0.2, 0.25) is 0 Å². The third-order valence-corrected chi connectivity index (χ3v) is 8.85. The van der Waals surface area contributed by atoms with Gasteiger partial charge in [0.05, 0.1) is 13.2 Å². The number of rotatable bonds is 8. The molecule has 3 nitrogen and oxygen atoms in total. The molecule has 2 fully saturated rings. The summed E-state index contributed by atoms with van der Waals surface area (Å²) in [4.78, 5) is 0. The predicted molar refractivity (Wildman–Crippen MR) is 138 cm³/mol. The standard InChI is InChI=1S/C31H39F3O3/c1-3-5-19-6-10-21(11-7-19)22-12-8-20(9-13-22)18-36-25-15-14-23-16-24-17-26(35-4-2)27(32)29(34)31(24)37-30(23)28(25)33/h14-15,17,19-22H,3-13,16,18H2,1-2H3. The van der Waals surface area contributed by atoms with Crippen molar-refractivity contribution in [2.24, 2.45) is 23.7 Å². The molecule has 37 heavy (non-hydrogen) atoms. The van der Waals surface area contributed by atoms with E-state index in [9.17, 15) is 8.78 Å². The summed E-state index contributed by atoms with van der Waals surface area (Å²) < 4.78 is 61.0. The molecule has 202 valence electrons. The average Bonchev–Trinajstić information content (AvgIpc) is 2.92. The largest absolute Gasteiger partial charge is 0.491 e. The molecule has 0 unspecified atom stereocenters. The number of ether oxygens (including phenoxy) is 3. The molecule has 0 spiro atoms. The van der Waals surface area contributed by atoms with Crippen molar-refractivity contribution in [3.8, 4) is 23.0 Å². The van der Waals surface area contributed by atoms with Crippen LogP contribution in [-0.4, -0.2) is 13.2 Å². The Bertz CT molecular complexity index is 1090. The molecule has 0 N–H and O–H groups in total. The lowest BCUT2D eigenvalue weighted by atomic mass is 9.69. The highest BCUT2D eigenvalue weighted by atomic mass is 19.2. The van der Waals surface area contributed by atoms with Gasteiger partial charge in [-0.2, -0.15) is 13.2 Å². The number of hydrogen-bond acceptors (Lipinski definition) is 3. The zero-order chi connectivity index (χ0) is 25.9. The van der Waals surface area contributed by atoms with Crippen LogP contribution in [0.25, 0.3) is 0 Å². The zero-order valence-corrected chi connectivity index (χ0v) is 22.1. The first-order chi connectivity index (χ1) is 18.0. The van der Waals surface area contributed by atoms with Crippen molar-refractivity contribution in [3.05, 3.63) is 46.8 Å². The van der Waals surface area contributed by atoms with Crippen LogP contribution < -0.4 is 14.2 Å². The van der Waals surface area contributed by atoms with Crippen LogP contribution in [0.15, 0.2) is 18.2 Å². The van der Waals surface area contributed by atoms with Gasteiger partial charge in [-0.25, -0.2) is 0 Å². The minimum atomic E-state index is -1.16. The van der Waals surface area contributed by atoms with Gasteiger partial charge in [0.2, 0.25) is 17.5 Å². The molecular weight excluding hydrogens is 477 g/mol. The summed E-state index contributed by atoms with van der Waals surface area (Å²) in [6, 6.07) is 4.78. The molecule has 1 heterocycles. The molecule has 0 atom stereocenters. The molecule has 0 radical (unpaired) electrons. The van der Waals surface area contributed by atoms with Crippen molar-refractivity contribution in [2.75, 3.05) is 13.2 Å². The van der Waals surface area contributed by atoms with Gasteiger partial charge in [-0.15, -0.1) is 0 Å². The van der Waals surface area contributed by atoms with E-state index in [1.165, 1.54) is 57.4 Å². The van der Waals surface area contributed by atoms with Gasteiger partial charge in [0, 0.05) is 17.5 Å². The maximum absolute atomic E-state index is 15.3. The normalized spacial score (nSPS) is 25.1. The van der Waals surface area contributed by atoms with Crippen LogP contribution in [0.1, 0.15) is 89.2 Å². The number of benzene rings is 2. The maximum Gasteiger partial charge on any atom is 0.207 e. The topological polar surface area (TPSA) is 27.7 Å². The van der Waals surface area contributed by atoms with Crippen LogP contribution in [0, 0.1) is 41.1 Å². The smallest absolute Gasteiger partial charge is 0.207 e. The Labute approximate surface area is 218 Å². The third kappa shape index (κ3) is 5.58. The van der Waals surface area contributed by atoms with Crippen molar-refractivity contribution in [1.82, 2.24) is 0 Å². The second kappa shape index (κ2) is 11.6. The lowest BCUT2D eigenvalue weighted by Crippen LogP contribution is -2.27. The molecule has 2 aromatic rings. The third-order valence-electron chi connectivity index (χ3n) is 8.85. The van der Waals surface area contributed by atoms with Gasteiger partial charge >= 0.3 is 0 Å². The Hall–Kier alpha value is -2.37. The Morgan fingerprint density at radius 2 is 1.38 bits per heavy atom. The monoisotopic (exact) mass is 516 g/mol. The first-order valence-electron chi connectivity index (χ1n) is 14.2. The molecular formula is C31H39F3O3. The summed E-state index contributed by atoms with van der Waals surface area (Å²) in [6.45, 7) is 4.66. The lowest BCUT2D eigenvalue weighted by Gasteiger charge is -2.37. The van der Waals surface area contributed by atoms with E-state index in [1.54, 1.807) is 19.1 Å². The van der Waals surface area contributed by atoms with Crippen molar-refractivity contribution < 1.29 is 27.4 Å². The summed E-state index contributed by atoms with van der Waals surface area (Å²) in [7, 11) is 0. The fraction of sp³-hybridized carbons (Fsp3) is 0.613. The summed E-state index contributed by atoms with van der Waals surface area (Å²) in [5.41, 5.74) is 0.999. The summed E-state index contributed by atoms with van der Waals surface area (Å²) in [5.74, 6) is -0.318. The highest BCUT2D eigenvalue weighted by molar-refractivity contribution is 5.55.